The maximum atomic E-state index is 4.65. The number of benzene rings is 1. The lowest BCUT2D eigenvalue weighted by molar-refractivity contribution is 0.676. The van der Waals surface area contributed by atoms with Crippen LogP contribution < -0.4 is 5.32 Å². The predicted molar refractivity (Wildman–Crippen MR) is 82.3 cm³/mol. The van der Waals surface area contributed by atoms with E-state index < -0.39 is 0 Å². The van der Waals surface area contributed by atoms with Crippen LogP contribution in [-0.2, 0) is 6.54 Å². The number of thioether (sulfide) groups is 1. The van der Waals surface area contributed by atoms with Crippen molar-refractivity contribution in [2.75, 3.05) is 18.6 Å². The van der Waals surface area contributed by atoms with Gasteiger partial charge in [-0.05, 0) is 25.0 Å². The van der Waals surface area contributed by atoms with Crippen LogP contribution in [0.1, 0.15) is 11.4 Å². The molecule has 2 aromatic rings. The summed E-state index contributed by atoms with van der Waals surface area (Å²) >= 11 is 3.63. The van der Waals surface area contributed by atoms with E-state index in [-0.39, 0.29) is 0 Å². The van der Waals surface area contributed by atoms with Gasteiger partial charge in [-0.1, -0.05) is 30.3 Å². The highest BCUT2D eigenvalue weighted by atomic mass is 32.2. The van der Waals surface area contributed by atoms with E-state index in [2.05, 4.69) is 46.2 Å². The van der Waals surface area contributed by atoms with Crippen LogP contribution >= 0.6 is 23.1 Å². The largest absolute Gasteiger partial charge is 0.310 e. The van der Waals surface area contributed by atoms with Gasteiger partial charge in [0.05, 0.1) is 5.69 Å². The van der Waals surface area contributed by atoms with Gasteiger partial charge in [0, 0.05) is 17.5 Å². The Labute approximate surface area is 117 Å². The first-order valence-electron chi connectivity index (χ1n) is 6.09. The Kier molecular flexibility index (Phi) is 5.71. The van der Waals surface area contributed by atoms with E-state index in [0.29, 0.717) is 0 Å². The lowest BCUT2D eigenvalue weighted by Gasteiger charge is -2.00. The Morgan fingerprint density at radius 2 is 2.11 bits per heavy atom. The van der Waals surface area contributed by atoms with Crippen LogP contribution in [0, 0.1) is 0 Å². The van der Waals surface area contributed by atoms with Crippen LogP contribution in [0.3, 0.4) is 0 Å². The van der Waals surface area contributed by atoms with Gasteiger partial charge in [-0.2, -0.15) is 11.8 Å². The van der Waals surface area contributed by atoms with E-state index in [0.717, 1.165) is 23.8 Å². The first-order valence-corrected chi connectivity index (χ1v) is 8.37. The molecule has 0 atom stereocenters. The molecular formula is C14H18N2S2. The normalized spacial score (nSPS) is 10.7. The fourth-order valence-corrected chi connectivity index (χ4v) is 2.88. The van der Waals surface area contributed by atoms with Crippen molar-refractivity contribution in [1.82, 2.24) is 10.3 Å². The molecule has 0 bridgehead atoms. The molecular weight excluding hydrogens is 260 g/mol. The summed E-state index contributed by atoms with van der Waals surface area (Å²) in [7, 11) is 0. The van der Waals surface area contributed by atoms with Gasteiger partial charge in [0.15, 0.2) is 0 Å². The average molecular weight is 278 g/mol. The van der Waals surface area contributed by atoms with E-state index in [4.69, 9.17) is 0 Å². The molecule has 0 spiro atoms. The van der Waals surface area contributed by atoms with Crippen molar-refractivity contribution >= 4 is 23.1 Å². The highest BCUT2D eigenvalue weighted by molar-refractivity contribution is 7.98. The number of nitrogens with zero attached hydrogens (tertiary/aromatic N) is 1. The molecule has 1 aromatic heterocycles. The molecule has 4 heteroatoms. The third-order valence-electron chi connectivity index (χ3n) is 2.60. The standard InChI is InChI=1S/C14H18N2S2/c1-17-9-5-8-15-10-14-16-13(11-18-14)12-6-3-2-4-7-12/h2-4,6-7,11,15H,5,8-10H2,1H3. The molecule has 1 aromatic carbocycles. The third kappa shape index (κ3) is 4.12. The van der Waals surface area contributed by atoms with E-state index in [1.54, 1.807) is 11.3 Å². The van der Waals surface area contributed by atoms with Gasteiger partial charge in [-0.25, -0.2) is 4.98 Å². The molecule has 0 amide bonds. The predicted octanol–water partition coefficient (Wildman–Crippen LogP) is 3.65. The van der Waals surface area contributed by atoms with Gasteiger partial charge >= 0.3 is 0 Å². The Balaban J connectivity index is 1.83. The molecule has 0 saturated carbocycles. The number of hydrogen-bond donors (Lipinski definition) is 1. The van der Waals surface area contributed by atoms with Gasteiger partial charge in [-0.15, -0.1) is 11.3 Å². The lowest BCUT2D eigenvalue weighted by atomic mass is 10.2. The zero-order valence-corrected chi connectivity index (χ0v) is 12.2. The van der Waals surface area contributed by atoms with Gasteiger partial charge in [0.25, 0.3) is 0 Å². The molecule has 0 radical (unpaired) electrons. The summed E-state index contributed by atoms with van der Waals surface area (Å²) in [5.74, 6) is 1.22. The Bertz CT molecular complexity index is 454. The molecule has 2 nitrogen and oxygen atoms in total. The fraction of sp³-hybridized carbons (Fsp3) is 0.357. The second kappa shape index (κ2) is 7.56. The second-order valence-electron chi connectivity index (χ2n) is 4.02. The van der Waals surface area contributed by atoms with Crippen molar-refractivity contribution in [3.63, 3.8) is 0 Å². The average Bonchev–Trinajstić information content (AvgIpc) is 2.88. The van der Waals surface area contributed by atoms with Crippen LogP contribution in [0.4, 0.5) is 0 Å². The first-order chi connectivity index (χ1) is 8.90. The molecule has 18 heavy (non-hydrogen) atoms. The molecule has 0 unspecified atom stereocenters. The quantitative estimate of drug-likeness (QED) is 0.783. The van der Waals surface area contributed by atoms with Crippen molar-refractivity contribution in [2.45, 2.75) is 13.0 Å². The van der Waals surface area contributed by atoms with Gasteiger partial charge in [-0.3, -0.25) is 0 Å². The molecule has 0 aliphatic rings. The molecule has 1 heterocycles. The molecule has 1 N–H and O–H groups in total. The van der Waals surface area contributed by atoms with Crippen LogP contribution in [-0.4, -0.2) is 23.5 Å². The van der Waals surface area contributed by atoms with Crippen LogP contribution in [0.5, 0.6) is 0 Å². The van der Waals surface area contributed by atoms with Crippen molar-refractivity contribution in [1.29, 1.82) is 0 Å². The highest BCUT2D eigenvalue weighted by Crippen LogP contribution is 2.21. The fourth-order valence-electron chi connectivity index (χ4n) is 1.67. The summed E-state index contributed by atoms with van der Waals surface area (Å²) in [5.41, 5.74) is 2.28. The minimum atomic E-state index is 0.881. The zero-order valence-electron chi connectivity index (χ0n) is 10.6. The molecule has 0 aliphatic heterocycles. The SMILES string of the molecule is CSCCCNCc1nc(-c2ccccc2)cs1. The number of hydrogen-bond acceptors (Lipinski definition) is 4. The van der Waals surface area contributed by atoms with Crippen LogP contribution in [0.15, 0.2) is 35.7 Å². The summed E-state index contributed by atoms with van der Waals surface area (Å²) in [4.78, 5) is 4.65. The monoisotopic (exact) mass is 278 g/mol. The maximum Gasteiger partial charge on any atom is 0.107 e. The Morgan fingerprint density at radius 3 is 2.89 bits per heavy atom. The third-order valence-corrected chi connectivity index (χ3v) is 4.15. The number of thiazole rings is 1. The zero-order chi connectivity index (χ0) is 12.6. The van der Waals surface area contributed by atoms with Crippen LogP contribution in [0.25, 0.3) is 11.3 Å². The number of rotatable bonds is 7. The second-order valence-corrected chi connectivity index (χ2v) is 5.94. The lowest BCUT2D eigenvalue weighted by Crippen LogP contribution is -2.15. The molecule has 0 saturated heterocycles. The maximum absolute atomic E-state index is 4.65. The molecule has 96 valence electrons. The van der Waals surface area contributed by atoms with Crippen LogP contribution in [0.2, 0.25) is 0 Å². The van der Waals surface area contributed by atoms with E-state index in [1.807, 2.05) is 17.8 Å². The smallest absolute Gasteiger partial charge is 0.107 e. The Hall–Kier alpha value is -0.840. The van der Waals surface area contributed by atoms with Crippen molar-refractivity contribution < 1.29 is 0 Å². The highest BCUT2D eigenvalue weighted by Gasteiger charge is 2.03. The van der Waals surface area contributed by atoms with Gasteiger partial charge in [0.1, 0.15) is 5.01 Å². The van der Waals surface area contributed by atoms with E-state index in [1.165, 1.54) is 17.7 Å². The van der Waals surface area contributed by atoms with Gasteiger partial charge < -0.3 is 5.32 Å². The van der Waals surface area contributed by atoms with Crippen molar-refractivity contribution in [3.8, 4) is 11.3 Å². The van der Waals surface area contributed by atoms with E-state index in [9.17, 15) is 0 Å². The summed E-state index contributed by atoms with van der Waals surface area (Å²) in [5, 5.41) is 6.73. The first kappa shape index (κ1) is 13.6. The molecule has 0 fully saturated rings. The summed E-state index contributed by atoms with van der Waals surface area (Å²) < 4.78 is 0. The number of nitrogens with one attached hydrogen (secondary N) is 1. The molecule has 2 rings (SSSR count). The molecule has 0 aliphatic carbocycles. The van der Waals surface area contributed by atoms with E-state index >= 15 is 0 Å². The topological polar surface area (TPSA) is 24.9 Å². The number of aromatic nitrogens is 1. The van der Waals surface area contributed by atoms with Gasteiger partial charge in [0.2, 0.25) is 0 Å². The summed E-state index contributed by atoms with van der Waals surface area (Å²) in [6, 6.07) is 10.3. The van der Waals surface area contributed by atoms with Crippen molar-refractivity contribution in [2.24, 2.45) is 0 Å². The summed E-state index contributed by atoms with van der Waals surface area (Å²) in [6.45, 7) is 1.95. The summed E-state index contributed by atoms with van der Waals surface area (Å²) in [6.07, 6.45) is 3.37. The van der Waals surface area contributed by atoms with Crippen molar-refractivity contribution in [3.05, 3.63) is 40.7 Å². The minimum absolute atomic E-state index is 0.881. The minimum Gasteiger partial charge on any atom is -0.310 e. The Morgan fingerprint density at radius 1 is 1.28 bits per heavy atom.